The number of nitrogens with zero attached hydrogens (tertiary/aromatic N) is 2. The zero-order valence-electron chi connectivity index (χ0n) is 24.5. The number of hydrogen-bond donors (Lipinski definition) is 0. The molecule has 7 rings (SSSR count). The molecule has 0 aliphatic heterocycles. The minimum atomic E-state index is -5.92. The summed E-state index contributed by atoms with van der Waals surface area (Å²) in [5.41, 5.74) is -0.887. The fourth-order valence-electron chi connectivity index (χ4n) is 5.57. The Morgan fingerprint density at radius 2 is 1.00 bits per heavy atom. The maximum atomic E-state index is 13.5. The normalized spacial score (nSPS) is 11.9. The van der Waals surface area contributed by atoms with Crippen molar-refractivity contribution >= 4 is 75.8 Å². The van der Waals surface area contributed by atoms with Crippen LogP contribution in [0.3, 0.4) is 0 Å². The highest BCUT2D eigenvalue weighted by Gasteiger charge is 2.48. The Morgan fingerprint density at radius 3 is 1.47 bits per heavy atom. The molecule has 0 bridgehead atoms. The summed E-state index contributed by atoms with van der Waals surface area (Å²) in [5.74, 6) is -0.441. The molecule has 0 saturated heterocycles. The van der Waals surface area contributed by atoms with Crippen LogP contribution in [0.5, 0.6) is 5.75 Å². The van der Waals surface area contributed by atoms with E-state index in [0.29, 0.717) is 10.4 Å². The molecule has 1 aromatic heterocycles. The van der Waals surface area contributed by atoms with Crippen LogP contribution < -0.4 is 14.0 Å². The molecule has 0 unspecified atom stereocenters. The first-order valence-electron chi connectivity index (χ1n) is 14.5. The fraction of sp³-hybridized carbons (Fsp3) is 0.0270. The molecule has 234 valence electrons. The third-order valence-corrected chi connectivity index (χ3v) is 9.63. The Hall–Kier alpha value is -5.32. The van der Waals surface area contributed by atoms with Crippen molar-refractivity contribution < 1.29 is 25.8 Å². The van der Waals surface area contributed by atoms with E-state index in [-0.39, 0.29) is 0 Å². The summed E-state index contributed by atoms with van der Waals surface area (Å²) in [6, 6.07) is 47.2. The number of halogens is 3. The lowest BCUT2D eigenvalue weighted by Gasteiger charge is -2.27. The van der Waals surface area contributed by atoms with Crippen LogP contribution in [-0.4, -0.2) is 13.9 Å². The van der Waals surface area contributed by atoms with E-state index in [1.807, 2.05) is 144 Å². The summed E-state index contributed by atoms with van der Waals surface area (Å²) in [7, 11) is -5.92. The van der Waals surface area contributed by atoms with Crippen molar-refractivity contribution in [1.29, 1.82) is 0 Å². The average Bonchev–Trinajstić information content (AvgIpc) is 3.44. The molecule has 10 heteroatoms. The van der Waals surface area contributed by atoms with Gasteiger partial charge in [0.2, 0.25) is 0 Å². The monoisotopic (exact) mass is 666 g/mol. The molecule has 0 N–H and O–H groups in total. The minimum absolute atomic E-state index is 0.441. The molecule has 7 aromatic rings. The first-order chi connectivity index (χ1) is 22.7. The second kappa shape index (κ2) is 12.1. The number of hydrogen-bond acceptors (Lipinski definition) is 6. The maximum absolute atomic E-state index is 13.5. The second-order valence-corrected chi connectivity index (χ2v) is 13.2. The van der Waals surface area contributed by atoms with Crippen molar-refractivity contribution in [1.82, 2.24) is 0 Å². The number of alkyl halides is 3. The molecule has 0 atom stereocenters. The summed E-state index contributed by atoms with van der Waals surface area (Å²) in [6.45, 7) is 0. The van der Waals surface area contributed by atoms with Gasteiger partial charge < -0.3 is 14.0 Å². The number of para-hydroxylation sites is 4. The molecule has 5 nitrogen and oxygen atoms in total. The van der Waals surface area contributed by atoms with Crippen LogP contribution in [0.2, 0.25) is 0 Å². The quantitative estimate of drug-likeness (QED) is 0.119. The van der Waals surface area contributed by atoms with Gasteiger partial charge in [0.25, 0.3) is 0 Å². The van der Waals surface area contributed by atoms with Crippen LogP contribution >= 0.6 is 11.3 Å². The van der Waals surface area contributed by atoms with Crippen molar-refractivity contribution in [2.24, 2.45) is 0 Å². The summed E-state index contributed by atoms with van der Waals surface area (Å²) >= 11 is 1.34. The van der Waals surface area contributed by atoms with Gasteiger partial charge in [-0.25, -0.2) is 0 Å². The SMILES string of the molecule is O=S(=O)(Oc1cc(N(c2ccccc2)c2ccccc2)c2c(c1)sc1cc(N(c3ccccc3)c3ccccc3)ccc12)C(F)(F)F. The lowest BCUT2D eigenvalue weighted by Crippen LogP contribution is -2.28. The summed E-state index contributed by atoms with van der Waals surface area (Å²) in [5, 5.41) is 1.60. The third-order valence-electron chi connectivity index (χ3n) is 7.56. The van der Waals surface area contributed by atoms with Crippen molar-refractivity contribution in [3.05, 3.63) is 152 Å². The molecule has 47 heavy (non-hydrogen) atoms. The molecule has 0 aliphatic carbocycles. The first kappa shape index (κ1) is 30.3. The van der Waals surface area contributed by atoms with Crippen LogP contribution in [0, 0.1) is 0 Å². The van der Waals surface area contributed by atoms with E-state index in [2.05, 4.69) is 4.90 Å². The van der Waals surface area contributed by atoms with Gasteiger partial charge in [0.15, 0.2) is 0 Å². The number of anilines is 6. The van der Waals surface area contributed by atoms with E-state index in [1.54, 1.807) is 0 Å². The molecule has 1 heterocycles. The fourth-order valence-corrected chi connectivity index (χ4v) is 7.20. The summed E-state index contributed by atoms with van der Waals surface area (Å²) in [6.07, 6.45) is 0. The largest absolute Gasteiger partial charge is 0.534 e. The van der Waals surface area contributed by atoms with Gasteiger partial charge in [-0.1, -0.05) is 78.9 Å². The Morgan fingerprint density at radius 1 is 0.532 bits per heavy atom. The van der Waals surface area contributed by atoms with Crippen LogP contribution in [0.25, 0.3) is 20.2 Å². The average molecular weight is 667 g/mol. The Labute approximate surface area is 273 Å². The molecular formula is C37H25F3N2O3S2. The molecule has 0 spiro atoms. The summed E-state index contributed by atoms with van der Waals surface area (Å²) in [4.78, 5) is 4.01. The van der Waals surface area contributed by atoms with Crippen molar-refractivity contribution in [3.8, 4) is 5.75 Å². The molecular weight excluding hydrogens is 642 g/mol. The Bertz CT molecular complexity index is 2200. The smallest absolute Gasteiger partial charge is 0.376 e. The standard InChI is InChI=1S/C37H25F3N2O3S2/c38-37(39,40)47(43,44)45-31-24-33(42(28-17-9-3-10-18-28)29-19-11-4-12-20-29)36-32-22-21-30(23-34(32)46-35(36)25-31)41(26-13-5-1-6-14-26)27-15-7-2-8-16-27/h1-25H. The highest BCUT2D eigenvalue weighted by Crippen LogP contribution is 2.48. The van der Waals surface area contributed by atoms with Crippen molar-refractivity contribution in [2.45, 2.75) is 5.51 Å². The highest BCUT2D eigenvalue weighted by molar-refractivity contribution is 7.88. The van der Waals surface area contributed by atoms with Gasteiger partial charge in [0.1, 0.15) is 5.75 Å². The van der Waals surface area contributed by atoms with Gasteiger partial charge >= 0.3 is 15.6 Å². The van der Waals surface area contributed by atoms with Gasteiger partial charge in [0.05, 0.1) is 5.69 Å². The topological polar surface area (TPSA) is 49.9 Å². The molecule has 6 aromatic carbocycles. The van der Waals surface area contributed by atoms with E-state index in [1.165, 1.54) is 23.5 Å². The lowest BCUT2D eigenvalue weighted by molar-refractivity contribution is -0.0500. The van der Waals surface area contributed by atoms with Crippen molar-refractivity contribution in [2.75, 3.05) is 9.80 Å². The molecule has 0 fully saturated rings. The molecule has 0 aliphatic rings. The number of rotatable bonds is 8. The predicted molar refractivity (Wildman–Crippen MR) is 184 cm³/mol. The lowest BCUT2D eigenvalue weighted by atomic mass is 10.1. The number of thiophene rings is 1. The van der Waals surface area contributed by atoms with Crippen LogP contribution in [0.15, 0.2) is 152 Å². The second-order valence-electron chi connectivity index (χ2n) is 10.6. The van der Waals surface area contributed by atoms with E-state index < -0.39 is 21.4 Å². The number of fused-ring (bicyclic) bond motifs is 3. The Kier molecular flexibility index (Phi) is 7.83. The van der Waals surface area contributed by atoms with Gasteiger partial charge in [0, 0.05) is 54.7 Å². The van der Waals surface area contributed by atoms with E-state index >= 15 is 0 Å². The third kappa shape index (κ3) is 5.89. The first-order valence-corrected chi connectivity index (χ1v) is 16.7. The van der Waals surface area contributed by atoms with E-state index in [9.17, 15) is 21.6 Å². The van der Waals surface area contributed by atoms with Gasteiger partial charge in [-0.05, 0) is 66.7 Å². The van der Waals surface area contributed by atoms with Gasteiger partial charge in [-0.15, -0.1) is 11.3 Å². The van der Waals surface area contributed by atoms with E-state index in [4.69, 9.17) is 4.18 Å². The van der Waals surface area contributed by atoms with E-state index in [0.717, 1.165) is 43.9 Å². The molecule has 0 radical (unpaired) electrons. The van der Waals surface area contributed by atoms with Crippen LogP contribution in [0.1, 0.15) is 0 Å². The molecule has 0 amide bonds. The Balaban J connectivity index is 1.48. The summed E-state index contributed by atoms with van der Waals surface area (Å²) < 4.78 is 70.9. The zero-order chi connectivity index (χ0) is 32.6. The predicted octanol–water partition coefficient (Wildman–Crippen LogP) is 11.2. The highest BCUT2D eigenvalue weighted by atomic mass is 32.2. The van der Waals surface area contributed by atoms with Crippen LogP contribution in [0.4, 0.5) is 47.3 Å². The van der Waals surface area contributed by atoms with Gasteiger partial charge in [-0.3, -0.25) is 0 Å². The van der Waals surface area contributed by atoms with Crippen LogP contribution in [-0.2, 0) is 10.1 Å². The zero-order valence-corrected chi connectivity index (χ0v) is 26.1. The van der Waals surface area contributed by atoms with Gasteiger partial charge in [-0.2, -0.15) is 21.6 Å². The molecule has 0 saturated carbocycles. The maximum Gasteiger partial charge on any atom is 0.534 e. The van der Waals surface area contributed by atoms with Crippen molar-refractivity contribution in [3.63, 3.8) is 0 Å². The minimum Gasteiger partial charge on any atom is -0.376 e. The number of benzene rings is 6.